The number of carbonyl (C=O) groups excluding carboxylic acids is 3. The van der Waals surface area contributed by atoms with Gasteiger partial charge in [-0.3, -0.25) is 14.4 Å². The molecule has 0 saturated carbocycles. The molecule has 148 valence electrons. The lowest BCUT2D eigenvalue weighted by molar-refractivity contribution is -0.137. The van der Waals surface area contributed by atoms with E-state index < -0.39 is 5.92 Å². The average molecular weight is 384 g/mol. The number of hydrogen-bond donors (Lipinski definition) is 1. The van der Waals surface area contributed by atoms with Crippen LogP contribution in [0.1, 0.15) is 24.7 Å². The van der Waals surface area contributed by atoms with Gasteiger partial charge in [-0.15, -0.1) is 0 Å². The van der Waals surface area contributed by atoms with E-state index in [4.69, 9.17) is 4.52 Å². The van der Waals surface area contributed by atoms with Gasteiger partial charge in [0.05, 0.1) is 12.5 Å². The zero-order chi connectivity index (χ0) is 20.3. The molecule has 2 heterocycles. The van der Waals surface area contributed by atoms with Crippen molar-refractivity contribution >= 4 is 29.2 Å². The van der Waals surface area contributed by atoms with E-state index in [0.717, 1.165) is 17.7 Å². The van der Waals surface area contributed by atoms with Crippen LogP contribution >= 0.6 is 0 Å². The van der Waals surface area contributed by atoms with E-state index in [1.807, 2.05) is 31.2 Å². The van der Waals surface area contributed by atoms with Gasteiger partial charge in [-0.25, -0.2) is 0 Å². The van der Waals surface area contributed by atoms with Crippen LogP contribution in [0.15, 0.2) is 34.9 Å². The van der Waals surface area contributed by atoms with Gasteiger partial charge in [0.25, 0.3) is 0 Å². The van der Waals surface area contributed by atoms with Gasteiger partial charge in [0.15, 0.2) is 5.82 Å². The molecule has 1 aliphatic heterocycles. The first-order valence-electron chi connectivity index (χ1n) is 9.25. The topological polar surface area (TPSA) is 95.8 Å². The maximum absolute atomic E-state index is 12.7. The Morgan fingerprint density at radius 1 is 1.36 bits per heavy atom. The molecule has 3 amide bonds. The fourth-order valence-corrected chi connectivity index (χ4v) is 3.39. The molecule has 1 saturated heterocycles. The van der Waals surface area contributed by atoms with Crippen molar-refractivity contribution in [3.8, 4) is 0 Å². The first kappa shape index (κ1) is 19.6. The first-order chi connectivity index (χ1) is 13.4. The van der Waals surface area contributed by atoms with Gasteiger partial charge in [0.2, 0.25) is 17.7 Å². The summed E-state index contributed by atoms with van der Waals surface area (Å²) in [5.41, 5.74) is 1.92. The van der Waals surface area contributed by atoms with E-state index in [1.54, 1.807) is 24.9 Å². The highest BCUT2D eigenvalue weighted by Crippen LogP contribution is 2.29. The molecule has 1 N–H and O–H groups in total. The number of anilines is 2. The Hall–Kier alpha value is -3.16. The van der Waals surface area contributed by atoms with Gasteiger partial charge in [-0.05, 0) is 25.0 Å². The molecule has 8 heteroatoms. The quantitative estimate of drug-likeness (QED) is 0.822. The number of benzene rings is 1. The van der Waals surface area contributed by atoms with Crippen LogP contribution in [0.5, 0.6) is 0 Å². The number of aromatic nitrogens is 1. The van der Waals surface area contributed by atoms with Gasteiger partial charge in [0, 0.05) is 31.8 Å². The fourth-order valence-electron chi connectivity index (χ4n) is 3.39. The third kappa shape index (κ3) is 4.21. The Morgan fingerprint density at radius 2 is 2.11 bits per heavy atom. The number of hydrogen-bond acceptors (Lipinski definition) is 5. The van der Waals surface area contributed by atoms with Gasteiger partial charge >= 0.3 is 0 Å². The van der Waals surface area contributed by atoms with Gasteiger partial charge in [-0.1, -0.05) is 30.3 Å². The summed E-state index contributed by atoms with van der Waals surface area (Å²) < 4.78 is 4.90. The van der Waals surface area contributed by atoms with Crippen molar-refractivity contribution in [2.45, 2.75) is 26.7 Å². The molecule has 0 radical (unpaired) electrons. The molecule has 1 unspecified atom stereocenters. The van der Waals surface area contributed by atoms with Gasteiger partial charge in [-0.2, -0.15) is 0 Å². The zero-order valence-corrected chi connectivity index (χ0v) is 16.3. The summed E-state index contributed by atoms with van der Waals surface area (Å²) in [5.74, 6) is -0.254. The fraction of sp³-hybridized carbons (Fsp3) is 0.400. The lowest BCUT2D eigenvalue weighted by Gasteiger charge is -2.22. The summed E-state index contributed by atoms with van der Waals surface area (Å²) in [6, 6.07) is 9.31. The number of likely N-dealkylation sites (N-methyl/N-ethyl adjacent to an activating group) is 1. The third-order valence-electron chi connectivity index (χ3n) is 4.79. The predicted molar refractivity (Wildman–Crippen MR) is 104 cm³/mol. The Morgan fingerprint density at radius 3 is 2.79 bits per heavy atom. The van der Waals surface area contributed by atoms with E-state index in [1.165, 1.54) is 4.90 Å². The van der Waals surface area contributed by atoms with Crippen molar-refractivity contribution in [3.63, 3.8) is 0 Å². The summed E-state index contributed by atoms with van der Waals surface area (Å²) >= 11 is 0. The molecule has 1 aromatic carbocycles. The Bertz CT molecular complexity index is 892. The molecule has 28 heavy (non-hydrogen) atoms. The maximum atomic E-state index is 12.7. The molecule has 0 spiro atoms. The number of amides is 3. The number of para-hydroxylation sites is 1. The lowest BCUT2D eigenvalue weighted by atomic mass is 10.1. The minimum atomic E-state index is -0.468. The smallest absolute Gasteiger partial charge is 0.245 e. The van der Waals surface area contributed by atoms with Crippen LogP contribution in [0.2, 0.25) is 0 Å². The highest BCUT2D eigenvalue weighted by Gasteiger charge is 2.37. The first-order valence-corrected chi connectivity index (χ1v) is 9.25. The Balaban J connectivity index is 1.61. The standard InChI is InChI=1S/C20H24N4O4/c1-4-14-7-5-6-8-16(14)24-11-15(10-19(24)26)20(27)23(3)12-18(25)21-17-9-13(2)28-22-17/h5-9,15H,4,10-12H2,1-3H3,(H,21,22,25). The van der Waals surface area contributed by atoms with Crippen molar-refractivity contribution in [2.24, 2.45) is 5.92 Å². The molecule has 2 aromatic rings. The molecule has 1 aliphatic rings. The SMILES string of the molecule is CCc1ccccc1N1CC(C(=O)N(C)CC(=O)Nc2cc(C)on2)CC1=O. The van der Waals surface area contributed by atoms with Crippen LogP contribution in [-0.2, 0) is 20.8 Å². The highest BCUT2D eigenvalue weighted by atomic mass is 16.5. The van der Waals surface area contributed by atoms with Crippen molar-refractivity contribution in [3.05, 3.63) is 41.7 Å². The summed E-state index contributed by atoms with van der Waals surface area (Å²) in [4.78, 5) is 40.4. The number of rotatable bonds is 6. The van der Waals surface area contributed by atoms with E-state index in [9.17, 15) is 14.4 Å². The maximum Gasteiger partial charge on any atom is 0.245 e. The second-order valence-corrected chi connectivity index (χ2v) is 6.95. The number of nitrogens with zero attached hydrogens (tertiary/aromatic N) is 3. The molecule has 0 aliphatic carbocycles. The van der Waals surface area contributed by atoms with E-state index in [-0.39, 0.29) is 30.7 Å². The highest BCUT2D eigenvalue weighted by molar-refractivity contribution is 6.01. The van der Waals surface area contributed by atoms with Crippen molar-refractivity contribution in [1.82, 2.24) is 10.1 Å². The van der Waals surface area contributed by atoms with Crippen LogP contribution in [0.25, 0.3) is 0 Å². The van der Waals surface area contributed by atoms with E-state index in [2.05, 4.69) is 10.5 Å². The van der Waals surface area contributed by atoms with Crippen LogP contribution < -0.4 is 10.2 Å². The Kier molecular flexibility index (Phi) is 5.77. The summed E-state index contributed by atoms with van der Waals surface area (Å²) in [7, 11) is 1.56. The van der Waals surface area contributed by atoms with Crippen molar-refractivity contribution < 1.29 is 18.9 Å². The molecule has 0 bridgehead atoms. The minimum Gasteiger partial charge on any atom is -0.360 e. The molecule has 1 atom stereocenters. The van der Waals surface area contributed by atoms with Crippen LogP contribution in [-0.4, -0.2) is 47.9 Å². The monoisotopic (exact) mass is 384 g/mol. The third-order valence-corrected chi connectivity index (χ3v) is 4.79. The van der Waals surface area contributed by atoms with E-state index in [0.29, 0.717) is 18.1 Å². The summed E-state index contributed by atoms with van der Waals surface area (Å²) in [6.07, 6.45) is 0.950. The second kappa shape index (κ2) is 8.24. The number of carbonyl (C=O) groups is 3. The van der Waals surface area contributed by atoms with E-state index >= 15 is 0 Å². The van der Waals surface area contributed by atoms with Crippen molar-refractivity contribution in [1.29, 1.82) is 0 Å². The molecular formula is C20H24N4O4. The molecule has 8 nitrogen and oxygen atoms in total. The van der Waals surface area contributed by atoms with Crippen molar-refractivity contribution in [2.75, 3.05) is 30.4 Å². The minimum absolute atomic E-state index is 0.0739. The van der Waals surface area contributed by atoms with Crippen LogP contribution in [0.3, 0.4) is 0 Å². The lowest BCUT2D eigenvalue weighted by Crippen LogP contribution is -2.39. The molecular weight excluding hydrogens is 360 g/mol. The van der Waals surface area contributed by atoms with Crippen LogP contribution in [0, 0.1) is 12.8 Å². The Labute approximate surface area is 163 Å². The van der Waals surface area contributed by atoms with Gasteiger partial charge < -0.3 is 19.6 Å². The van der Waals surface area contributed by atoms with Gasteiger partial charge in [0.1, 0.15) is 5.76 Å². The normalized spacial score (nSPS) is 16.3. The zero-order valence-electron chi connectivity index (χ0n) is 16.3. The second-order valence-electron chi connectivity index (χ2n) is 6.95. The number of nitrogens with one attached hydrogen (secondary N) is 1. The predicted octanol–water partition coefficient (Wildman–Crippen LogP) is 2.00. The molecule has 3 rings (SSSR count). The summed E-state index contributed by atoms with van der Waals surface area (Å²) in [5, 5.41) is 6.28. The molecule has 1 fully saturated rings. The van der Waals surface area contributed by atoms with Crippen LogP contribution in [0.4, 0.5) is 11.5 Å². The largest absolute Gasteiger partial charge is 0.360 e. The number of aryl methyl sites for hydroxylation is 2. The summed E-state index contributed by atoms with van der Waals surface area (Å²) in [6.45, 7) is 3.95. The average Bonchev–Trinajstić information content (AvgIpc) is 3.26. The molecule has 1 aromatic heterocycles.